The van der Waals surface area contributed by atoms with Gasteiger partial charge in [-0.2, -0.15) is 5.10 Å². The number of rotatable bonds is 4. The van der Waals surface area contributed by atoms with Gasteiger partial charge in [-0.05, 0) is 32.1 Å². The first-order valence-corrected chi connectivity index (χ1v) is 5.06. The van der Waals surface area contributed by atoms with E-state index < -0.39 is 0 Å². The molecule has 1 aromatic rings. The third-order valence-electron chi connectivity index (χ3n) is 1.89. The van der Waals surface area contributed by atoms with Crippen molar-refractivity contribution < 1.29 is 0 Å². The van der Waals surface area contributed by atoms with Gasteiger partial charge in [-0.15, -0.1) is 0 Å². The molecule has 0 aliphatic rings. The predicted octanol–water partition coefficient (Wildman–Crippen LogP) is 0.490. The fourth-order valence-electron chi connectivity index (χ4n) is 1.11. The zero-order chi connectivity index (χ0) is 9.84. The van der Waals surface area contributed by atoms with Crippen molar-refractivity contribution in [2.75, 3.05) is 20.6 Å². The van der Waals surface area contributed by atoms with E-state index >= 15 is 0 Å². The SMILES string of the molecule is CN(C)CCc1cc(SN)nn1C. The number of hydrogen-bond acceptors (Lipinski definition) is 4. The fourth-order valence-corrected chi connectivity index (χ4v) is 1.48. The Balaban J connectivity index is 2.60. The summed E-state index contributed by atoms with van der Waals surface area (Å²) < 4.78 is 1.89. The largest absolute Gasteiger partial charge is 0.309 e. The van der Waals surface area contributed by atoms with Crippen molar-refractivity contribution >= 4 is 11.9 Å². The van der Waals surface area contributed by atoms with Crippen molar-refractivity contribution in [3.05, 3.63) is 11.8 Å². The Morgan fingerprint density at radius 1 is 1.62 bits per heavy atom. The molecular formula is C8H16N4S. The summed E-state index contributed by atoms with van der Waals surface area (Å²) in [5, 5.41) is 10.5. The van der Waals surface area contributed by atoms with Crippen molar-refractivity contribution in [2.24, 2.45) is 12.2 Å². The van der Waals surface area contributed by atoms with E-state index in [0.717, 1.165) is 18.0 Å². The lowest BCUT2D eigenvalue weighted by atomic mass is 10.3. The van der Waals surface area contributed by atoms with E-state index in [9.17, 15) is 0 Å². The Morgan fingerprint density at radius 3 is 2.77 bits per heavy atom. The molecule has 0 aromatic carbocycles. The minimum atomic E-state index is 0.885. The molecule has 0 bridgehead atoms. The van der Waals surface area contributed by atoms with Gasteiger partial charge in [-0.3, -0.25) is 9.82 Å². The van der Waals surface area contributed by atoms with Gasteiger partial charge < -0.3 is 4.90 Å². The van der Waals surface area contributed by atoms with Gasteiger partial charge in [0.15, 0.2) is 0 Å². The summed E-state index contributed by atoms with van der Waals surface area (Å²) in [7, 11) is 6.08. The molecule has 0 saturated carbocycles. The molecule has 0 amide bonds. The minimum Gasteiger partial charge on any atom is -0.309 e. The van der Waals surface area contributed by atoms with Crippen LogP contribution >= 0.6 is 11.9 Å². The minimum absolute atomic E-state index is 0.885. The molecule has 0 atom stereocenters. The third-order valence-corrected chi connectivity index (χ3v) is 2.33. The molecule has 0 aliphatic carbocycles. The molecule has 13 heavy (non-hydrogen) atoms. The van der Waals surface area contributed by atoms with Gasteiger partial charge in [0, 0.05) is 25.7 Å². The van der Waals surface area contributed by atoms with Crippen LogP contribution in [-0.2, 0) is 13.5 Å². The molecule has 1 heterocycles. The summed E-state index contributed by atoms with van der Waals surface area (Å²) in [6.45, 7) is 1.04. The van der Waals surface area contributed by atoms with Crippen molar-refractivity contribution in [1.29, 1.82) is 0 Å². The van der Waals surface area contributed by atoms with Gasteiger partial charge >= 0.3 is 0 Å². The van der Waals surface area contributed by atoms with Crippen LogP contribution in [0.4, 0.5) is 0 Å². The lowest BCUT2D eigenvalue weighted by Gasteiger charge is -2.08. The molecule has 5 heteroatoms. The summed E-state index contributed by atoms with van der Waals surface area (Å²) >= 11 is 1.19. The number of aromatic nitrogens is 2. The molecule has 0 radical (unpaired) electrons. The molecule has 4 nitrogen and oxygen atoms in total. The van der Waals surface area contributed by atoms with Crippen LogP contribution in [-0.4, -0.2) is 35.3 Å². The second kappa shape index (κ2) is 4.64. The lowest BCUT2D eigenvalue weighted by molar-refractivity contribution is 0.408. The second-order valence-electron chi connectivity index (χ2n) is 3.27. The standard InChI is InChI=1S/C8H16N4S/c1-11(2)5-4-7-6-8(13-9)10-12(7)3/h6H,4-5,9H2,1-3H3. The highest BCUT2D eigenvalue weighted by Gasteiger charge is 2.04. The lowest BCUT2D eigenvalue weighted by Crippen LogP contribution is -2.16. The number of hydrogen-bond donors (Lipinski definition) is 1. The Labute approximate surface area is 83.2 Å². The molecule has 0 aliphatic heterocycles. The first kappa shape index (κ1) is 10.6. The fraction of sp³-hybridized carbons (Fsp3) is 0.625. The highest BCUT2D eigenvalue weighted by molar-refractivity contribution is 7.97. The number of nitrogens with two attached hydrogens (primary N) is 1. The Morgan fingerprint density at radius 2 is 2.31 bits per heavy atom. The normalized spacial score (nSPS) is 11.2. The van der Waals surface area contributed by atoms with Crippen LogP contribution in [0.15, 0.2) is 11.1 Å². The van der Waals surface area contributed by atoms with Gasteiger partial charge in [-0.25, -0.2) is 0 Å². The van der Waals surface area contributed by atoms with Crippen LogP contribution in [0.1, 0.15) is 5.69 Å². The van der Waals surface area contributed by atoms with Crippen molar-refractivity contribution in [3.63, 3.8) is 0 Å². The van der Waals surface area contributed by atoms with Crippen LogP contribution in [0.2, 0.25) is 0 Å². The zero-order valence-corrected chi connectivity index (χ0v) is 9.14. The molecule has 0 unspecified atom stereocenters. The maximum atomic E-state index is 5.42. The first-order chi connectivity index (χ1) is 6.13. The predicted molar refractivity (Wildman–Crippen MR) is 55.5 cm³/mol. The molecule has 2 N–H and O–H groups in total. The molecule has 1 rings (SSSR count). The number of nitrogens with zero attached hydrogens (tertiary/aromatic N) is 3. The third kappa shape index (κ3) is 3.02. The van der Waals surface area contributed by atoms with Crippen LogP contribution in [0.5, 0.6) is 0 Å². The zero-order valence-electron chi connectivity index (χ0n) is 8.32. The number of aryl methyl sites for hydroxylation is 1. The van der Waals surface area contributed by atoms with E-state index in [1.807, 2.05) is 17.8 Å². The molecule has 74 valence electrons. The van der Waals surface area contributed by atoms with E-state index in [4.69, 9.17) is 5.14 Å². The van der Waals surface area contributed by atoms with Crippen molar-refractivity contribution in [1.82, 2.24) is 14.7 Å². The van der Waals surface area contributed by atoms with Gasteiger partial charge in [0.2, 0.25) is 0 Å². The second-order valence-corrected chi connectivity index (χ2v) is 3.92. The maximum Gasteiger partial charge on any atom is 0.133 e. The summed E-state index contributed by atoms with van der Waals surface area (Å²) in [4.78, 5) is 2.16. The van der Waals surface area contributed by atoms with E-state index in [-0.39, 0.29) is 0 Å². The van der Waals surface area contributed by atoms with E-state index in [1.165, 1.54) is 17.6 Å². The van der Waals surface area contributed by atoms with Crippen LogP contribution < -0.4 is 5.14 Å². The molecule has 0 fully saturated rings. The molecule has 0 spiro atoms. The molecule has 0 saturated heterocycles. The molecule has 1 aromatic heterocycles. The molecular weight excluding hydrogens is 184 g/mol. The highest BCUT2D eigenvalue weighted by atomic mass is 32.2. The number of likely N-dealkylation sites (N-methyl/N-ethyl adjacent to an activating group) is 1. The first-order valence-electron chi connectivity index (χ1n) is 4.18. The van der Waals surface area contributed by atoms with Gasteiger partial charge in [0.1, 0.15) is 5.03 Å². The summed E-state index contributed by atoms with van der Waals surface area (Å²) in [6, 6.07) is 2.04. The van der Waals surface area contributed by atoms with E-state index in [0.29, 0.717) is 0 Å². The summed E-state index contributed by atoms with van der Waals surface area (Å²) in [5.74, 6) is 0. The average molecular weight is 200 g/mol. The smallest absolute Gasteiger partial charge is 0.133 e. The monoisotopic (exact) mass is 200 g/mol. The topological polar surface area (TPSA) is 47.1 Å². The van der Waals surface area contributed by atoms with Gasteiger partial charge in [0.25, 0.3) is 0 Å². The maximum absolute atomic E-state index is 5.42. The Bertz CT molecular complexity index is 269. The van der Waals surface area contributed by atoms with Gasteiger partial charge in [-0.1, -0.05) is 0 Å². The van der Waals surface area contributed by atoms with Crippen LogP contribution in [0.3, 0.4) is 0 Å². The van der Waals surface area contributed by atoms with Crippen LogP contribution in [0.25, 0.3) is 0 Å². The highest BCUT2D eigenvalue weighted by Crippen LogP contribution is 2.11. The summed E-state index contributed by atoms with van der Waals surface area (Å²) in [5.41, 5.74) is 1.22. The van der Waals surface area contributed by atoms with E-state index in [1.54, 1.807) is 0 Å². The van der Waals surface area contributed by atoms with Crippen molar-refractivity contribution in [3.8, 4) is 0 Å². The van der Waals surface area contributed by atoms with E-state index in [2.05, 4.69) is 24.1 Å². The summed E-state index contributed by atoms with van der Waals surface area (Å²) in [6.07, 6.45) is 1.01. The average Bonchev–Trinajstić information content (AvgIpc) is 2.43. The Kier molecular flexibility index (Phi) is 3.77. The van der Waals surface area contributed by atoms with Gasteiger partial charge in [0.05, 0.1) is 0 Å². The van der Waals surface area contributed by atoms with Crippen LogP contribution in [0, 0.1) is 0 Å². The quantitative estimate of drug-likeness (QED) is 0.719. The Hall–Kier alpha value is -0.520. The van der Waals surface area contributed by atoms with Crippen molar-refractivity contribution in [2.45, 2.75) is 11.4 Å².